The first-order chi connectivity index (χ1) is 30.2. The van der Waals surface area contributed by atoms with Crippen LogP contribution in [0.5, 0.6) is 0 Å². The first-order valence-electron chi connectivity index (χ1n) is 25.8. The minimum Gasteiger partial charge on any atom is -0.493 e. The molecule has 2 nitrogen and oxygen atoms in total. The summed E-state index contributed by atoms with van der Waals surface area (Å²) in [7, 11) is 0. The van der Waals surface area contributed by atoms with Crippen molar-refractivity contribution in [3.05, 3.63) is 113 Å². The Morgan fingerprint density at radius 1 is 0.468 bits per heavy atom. The molecule has 0 aliphatic carbocycles. The first kappa shape index (κ1) is 59.3. The maximum atomic E-state index is 12.4. The zero-order valence-corrected chi connectivity index (χ0v) is 42.3. The number of hydrogen-bond donors (Lipinski definition) is 0. The van der Waals surface area contributed by atoms with Crippen LogP contribution in [-0.4, -0.2) is 4.70 Å². The number of allylic oxidation sites excluding steroid dienone is 4. The molecule has 350 valence electrons. The van der Waals surface area contributed by atoms with Gasteiger partial charge in [0.05, 0.1) is 0 Å². The second-order valence-electron chi connectivity index (χ2n) is 16.9. The monoisotopic (exact) mass is 889 g/mol. The number of benzene rings is 2. The molecule has 2 aromatic rings. The number of nitrogens with zero attached hydrogens (tertiary/aromatic N) is 2. The third-order valence-corrected chi connectivity index (χ3v) is 12.1. The van der Waals surface area contributed by atoms with Gasteiger partial charge in [-0.05, 0) is 88.0 Å². The summed E-state index contributed by atoms with van der Waals surface area (Å²) < 4.78 is 1.61. The van der Waals surface area contributed by atoms with Gasteiger partial charge in [-0.15, -0.1) is 11.8 Å². The van der Waals surface area contributed by atoms with E-state index in [9.17, 15) is 5.53 Å². The van der Waals surface area contributed by atoms with Crippen LogP contribution in [0.1, 0.15) is 250 Å². The molecular weight excluding hydrogens is 795 g/mol. The fourth-order valence-electron chi connectivity index (χ4n) is 8.66. The van der Waals surface area contributed by atoms with Gasteiger partial charge < -0.3 is 19.4 Å². The molecule has 1 aliphatic rings. The number of aryl methyl sites for hydroxylation is 2. The molecule has 0 amide bonds. The van der Waals surface area contributed by atoms with Crippen LogP contribution in [-0.2, 0) is 29.3 Å². The van der Waals surface area contributed by atoms with E-state index in [1.165, 1.54) is 168 Å². The summed E-state index contributed by atoms with van der Waals surface area (Å²) in [6.07, 6.45) is 43.3. The molecule has 0 saturated carbocycles. The quantitative estimate of drug-likeness (QED) is 0.0170. The zero-order chi connectivity index (χ0) is 44.6. The molecule has 3 heteroatoms. The third-order valence-electron chi connectivity index (χ3n) is 12.1. The van der Waals surface area contributed by atoms with Gasteiger partial charge in [0.1, 0.15) is 0 Å². The van der Waals surface area contributed by atoms with E-state index in [1.807, 2.05) is 0 Å². The Labute approximate surface area is 396 Å². The summed E-state index contributed by atoms with van der Waals surface area (Å²) in [5.74, 6) is 7.04. The van der Waals surface area contributed by atoms with Crippen LogP contribution >= 0.6 is 0 Å². The van der Waals surface area contributed by atoms with Gasteiger partial charge in [-0.3, -0.25) is 0 Å². The molecule has 3 rings (SSSR count). The Morgan fingerprint density at radius 2 is 0.855 bits per heavy atom. The average molecular weight is 890 g/mol. The van der Waals surface area contributed by atoms with Gasteiger partial charge in [0.15, 0.2) is 0 Å². The molecule has 0 saturated heterocycles. The standard InChI is InChI=1S/C55H84N2.2C2H5.Ni/c1-5-9-13-16-18-19-20-21-22-23-24-25-26-27-28-29-30-31-34-41-49-43-37-38-45-50(49)54-52(44-12-8-4)53(47-35-32-17-14-10-6-2)55(57(54)56)51-46-39-36-42-48(51)40-33-15-11-7-3;2*1-2;/h7,11,36-39,42-43,45-46H,5-6,8-10,12-29,32-35,40-41,44,47H2,1-4H3;2*1H2,2H3;/q;2*-1;+2. The van der Waals surface area contributed by atoms with E-state index >= 15 is 0 Å². The number of rotatable bonds is 33. The molecule has 62 heavy (non-hydrogen) atoms. The van der Waals surface area contributed by atoms with E-state index in [-0.39, 0.29) is 16.5 Å². The molecule has 1 aliphatic heterocycles. The van der Waals surface area contributed by atoms with Crippen molar-refractivity contribution in [3.8, 4) is 11.8 Å². The summed E-state index contributed by atoms with van der Waals surface area (Å²) in [4.78, 5) is 0. The minimum absolute atomic E-state index is 0. The smallest absolute Gasteiger partial charge is 0.493 e. The molecule has 0 fully saturated rings. The maximum Gasteiger partial charge on any atom is 2.00 e. The van der Waals surface area contributed by atoms with Gasteiger partial charge in [-0.2, -0.15) is 13.8 Å². The van der Waals surface area contributed by atoms with E-state index in [1.54, 1.807) is 18.5 Å². The summed E-state index contributed by atoms with van der Waals surface area (Å²) in [5.41, 5.74) is 22.2. The molecule has 0 N–H and O–H groups in total. The van der Waals surface area contributed by atoms with E-state index in [4.69, 9.17) is 0 Å². The Balaban J connectivity index is 0.00000722. The fraction of sp³-hybridized carbons (Fsp3) is 0.627. The largest absolute Gasteiger partial charge is 2.00 e. The van der Waals surface area contributed by atoms with Crippen LogP contribution in [0.25, 0.3) is 16.9 Å². The maximum absolute atomic E-state index is 12.4. The van der Waals surface area contributed by atoms with E-state index in [2.05, 4.69) is 114 Å². The average Bonchev–Trinajstić information content (AvgIpc) is 3.57. The summed E-state index contributed by atoms with van der Waals surface area (Å²) >= 11 is 0. The molecule has 0 bridgehead atoms. The molecule has 0 aromatic heterocycles. The van der Waals surface area contributed by atoms with Crippen molar-refractivity contribution in [2.75, 3.05) is 0 Å². The molecule has 0 atom stereocenters. The molecular formula is C59H94N2Ni. The molecule has 0 radical (unpaired) electrons. The topological polar surface area (TPSA) is 25.3 Å². The SMILES string of the molecule is CC=CCCCc1ccccc1C1=C(CCCCCCCC)C(CCCC)=C(c2ccccc2CCC#CCCCCCCCCCCCCCCCCC)[N+]1=[N-].[CH2-]C.[CH2-]C.[Ni+2]. The molecule has 0 spiro atoms. The van der Waals surface area contributed by atoms with Crippen molar-refractivity contribution in [2.24, 2.45) is 0 Å². The Kier molecular flexibility index (Phi) is 40.4. The van der Waals surface area contributed by atoms with Crippen LogP contribution in [0.15, 0.2) is 71.8 Å². The van der Waals surface area contributed by atoms with E-state index in [0.29, 0.717) is 0 Å². The van der Waals surface area contributed by atoms with Crippen molar-refractivity contribution in [3.63, 3.8) is 0 Å². The summed E-state index contributed by atoms with van der Waals surface area (Å²) in [5, 5.41) is 0. The molecule has 0 unspecified atom stereocenters. The predicted molar refractivity (Wildman–Crippen MR) is 273 cm³/mol. The van der Waals surface area contributed by atoms with Gasteiger partial charge in [0.2, 0.25) is 11.4 Å². The van der Waals surface area contributed by atoms with Crippen LogP contribution in [0, 0.1) is 25.7 Å². The van der Waals surface area contributed by atoms with Crippen LogP contribution in [0.3, 0.4) is 0 Å². The molecule has 2 aromatic carbocycles. The zero-order valence-electron chi connectivity index (χ0n) is 41.3. The van der Waals surface area contributed by atoms with Crippen molar-refractivity contribution in [1.82, 2.24) is 0 Å². The van der Waals surface area contributed by atoms with Crippen LogP contribution in [0.4, 0.5) is 0 Å². The van der Waals surface area contributed by atoms with Gasteiger partial charge >= 0.3 is 16.5 Å². The minimum atomic E-state index is 0. The van der Waals surface area contributed by atoms with E-state index < -0.39 is 0 Å². The van der Waals surface area contributed by atoms with Crippen molar-refractivity contribution in [1.29, 1.82) is 0 Å². The first-order valence-corrected chi connectivity index (χ1v) is 25.8. The third kappa shape index (κ3) is 24.4. The molecule has 1 heterocycles. The Bertz CT molecular complexity index is 1550. The number of hydrogen-bond acceptors (Lipinski definition) is 0. The van der Waals surface area contributed by atoms with Gasteiger partial charge in [-0.25, -0.2) is 4.70 Å². The van der Waals surface area contributed by atoms with Crippen molar-refractivity contribution >= 4 is 11.4 Å². The second-order valence-corrected chi connectivity index (χ2v) is 16.9. The van der Waals surface area contributed by atoms with E-state index in [0.717, 1.165) is 75.6 Å². The van der Waals surface area contributed by atoms with Gasteiger partial charge in [-0.1, -0.05) is 198 Å². The normalized spacial score (nSPS) is 12.2. The summed E-state index contributed by atoms with van der Waals surface area (Å²) in [6, 6.07) is 17.7. The second kappa shape index (κ2) is 42.3. The van der Waals surface area contributed by atoms with Crippen LogP contribution in [0.2, 0.25) is 0 Å². The Hall–Kier alpha value is -2.69. The van der Waals surface area contributed by atoms with Gasteiger partial charge in [0.25, 0.3) is 0 Å². The Morgan fingerprint density at radius 3 is 1.32 bits per heavy atom. The van der Waals surface area contributed by atoms with Crippen LogP contribution < -0.4 is 0 Å². The van der Waals surface area contributed by atoms with Gasteiger partial charge in [0, 0.05) is 35.1 Å². The van der Waals surface area contributed by atoms with Crippen molar-refractivity contribution < 1.29 is 21.2 Å². The van der Waals surface area contributed by atoms with Crippen molar-refractivity contribution in [2.45, 2.75) is 241 Å². The predicted octanol–water partition coefficient (Wildman–Crippen LogP) is 19.6. The fourth-order valence-corrected chi connectivity index (χ4v) is 8.66. The number of unbranched alkanes of at least 4 members (excludes halogenated alkanes) is 22. The summed E-state index contributed by atoms with van der Waals surface area (Å²) in [6.45, 7) is 19.0.